The second kappa shape index (κ2) is 6.95. The number of halogens is 1. The van der Waals surface area contributed by atoms with Crippen molar-refractivity contribution >= 4 is 22.5 Å². The minimum atomic E-state index is 0.624. The van der Waals surface area contributed by atoms with E-state index in [4.69, 9.17) is 16.3 Å². The molecule has 0 N–H and O–H groups in total. The SMILES string of the molecule is CCCCn1nc(OCCN(C)C)c2cc(Cl)ccc21. The number of ether oxygens (including phenoxy) is 1. The molecule has 1 aromatic heterocycles. The molecule has 4 nitrogen and oxygen atoms in total. The van der Waals surface area contributed by atoms with E-state index in [1.807, 2.05) is 37.0 Å². The summed E-state index contributed by atoms with van der Waals surface area (Å²) in [5.74, 6) is 0.681. The Kier molecular flexibility index (Phi) is 5.26. The summed E-state index contributed by atoms with van der Waals surface area (Å²) in [4.78, 5) is 2.09. The molecule has 0 aliphatic rings. The highest BCUT2D eigenvalue weighted by Gasteiger charge is 2.12. The molecule has 2 rings (SSSR count). The summed E-state index contributed by atoms with van der Waals surface area (Å²) >= 11 is 6.09. The average Bonchev–Trinajstić information content (AvgIpc) is 2.74. The first-order valence-corrected chi connectivity index (χ1v) is 7.43. The van der Waals surface area contributed by atoms with Gasteiger partial charge in [-0.1, -0.05) is 24.9 Å². The molecular weight excluding hydrogens is 274 g/mol. The van der Waals surface area contributed by atoms with Crippen LogP contribution in [0.4, 0.5) is 0 Å². The lowest BCUT2D eigenvalue weighted by Crippen LogP contribution is -2.19. The van der Waals surface area contributed by atoms with Crippen LogP contribution in [-0.4, -0.2) is 41.9 Å². The Balaban J connectivity index is 2.25. The summed E-state index contributed by atoms with van der Waals surface area (Å²) in [5, 5.41) is 6.29. The molecular formula is C15H22ClN3O. The molecule has 0 amide bonds. The Morgan fingerprint density at radius 3 is 2.85 bits per heavy atom. The Morgan fingerprint density at radius 1 is 1.35 bits per heavy atom. The number of aromatic nitrogens is 2. The maximum atomic E-state index is 6.09. The Morgan fingerprint density at radius 2 is 2.15 bits per heavy atom. The molecule has 0 bridgehead atoms. The van der Waals surface area contributed by atoms with E-state index >= 15 is 0 Å². The van der Waals surface area contributed by atoms with E-state index in [1.54, 1.807) is 0 Å². The third-order valence-corrected chi connectivity index (χ3v) is 3.41. The van der Waals surface area contributed by atoms with Crippen LogP contribution in [0.2, 0.25) is 5.02 Å². The maximum absolute atomic E-state index is 6.09. The van der Waals surface area contributed by atoms with Crippen LogP contribution in [0.25, 0.3) is 10.9 Å². The predicted molar refractivity (Wildman–Crippen MR) is 83.7 cm³/mol. The number of nitrogens with zero attached hydrogens (tertiary/aromatic N) is 3. The molecule has 1 aromatic carbocycles. The molecule has 2 aromatic rings. The first-order valence-electron chi connectivity index (χ1n) is 7.05. The molecule has 0 aliphatic heterocycles. The van der Waals surface area contributed by atoms with Crippen molar-refractivity contribution in [2.45, 2.75) is 26.3 Å². The van der Waals surface area contributed by atoms with Gasteiger partial charge in [0.2, 0.25) is 5.88 Å². The van der Waals surface area contributed by atoms with Gasteiger partial charge in [0, 0.05) is 18.1 Å². The van der Waals surface area contributed by atoms with E-state index in [0.717, 1.165) is 36.8 Å². The van der Waals surface area contributed by atoms with Gasteiger partial charge in [-0.3, -0.25) is 4.68 Å². The number of hydrogen-bond acceptors (Lipinski definition) is 3. The zero-order chi connectivity index (χ0) is 14.5. The summed E-state index contributed by atoms with van der Waals surface area (Å²) in [6.07, 6.45) is 2.25. The molecule has 0 unspecified atom stereocenters. The smallest absolute Gasteiger partial charge is 0.240 e. The quantitative estimate of drug-likeness (QED) is 0.784. The lowest BCUT2D eigenvalue weighted by Gasteiger charge is -2.09. The fraction of sp³-hybridized carbons (Fsp3) is 0.533. The van der Waals surface area contributed by atoms with Gasteiger partial charge in [-0.25, -0.2) is 0 Å². The topological polar surface area (TPSA) is 30.3 Å². The Bertz CT molecular complexity index is 565. The largest absolute Gasteiger partial charge is 0.475 e. The van der Waals surface area contributed by atoms with Gasteiger partial charge in [-0.05, 0) is 38.7 Å². The van der Waals surface area contributed by atoms with Crippen LogP contribution in [0.3, 0.4) is 0 Å². The van der Waals surface area contributed by atoms with Gasteiger partial charge < -0.3 is 9.64 Å². The molecule has 0 radical (unpaired) electrons. The van der Waals surface area contributed by atoms with Crippen LogP contribution in [0, 0.1) is 0 Å². The summed E-state index contributed by atoms with van der Waals surface area (Å²) < 4.78 is 7.83. The molecule has 0 atom stereocenters. The number of hydrogen-bond donors (Lipinski definition) is 0. The Hall–Kier alpha value is -1.26. The first-order chi connectivity index (χ1) is 9.61. The molecule has 0 spiro atoms. The average molecular weight is 296 g/mol. The fourth-order valence-electron chi connectivity index (χ4n) is 2.03. The highest BCUT2D eigenvalue weighted by atomic mass is 35.5. The van der Waals surface area contributed by atoms with Crippen molar-refractivity contribution in [3.63, 3.8) is 0 Å². The van der Waals surface area contributed by atoms with Crippen molar-refractivity contribution in [2.75, 3.05) is 27.2 Å². The highest BCUT2D eigenvalue weighted by Crippen LogP contribution is 2.28. The van der Waals surface area contributed by atoms with E-state index in [0.29, 0.717) is 17.5 Å². The van der Waals surface area contributed by atoms with E-state index < -0.39 is 0 Å². The van der Waals surface area contributed by atoms with Crippen molar-refractivity contribution in [3.05, 3.63) is 23.2 Å². The lowest BCUT2D eigenvalue weighted by molar-refractivity contribution is 0.253. The predicted octanol–water partition coefficient (Wildman–Crippen LogP) is 3.43. The van der Waals surface area contributed by atoms with E-state index in [9.17, 15) is 0 Å². The molecule has 20 heavy (non-hydrogen) atoms. The molecule has 0 fully saturated rings. The minimum absolute atomic E-state index is 0.624. The normalized spacial score (nSPS) is 11.4. The van der Waals surface area contributed by atoms with E-state index in [1.165, 1.54) is 0 Å². The molecule has 0 saturated carbocycles. The first kappa shape index (κ1) is 15.1. The van der Waals surface area contributed by atoms with Crippen LogP contribution >= 0.6 is 11.6 Å². The maximum Gasteiger partial charge on any atom is 0.240 e. The summed E-state index contributed by atoms with van der Waals surface area (Å²) in [6.45, 7) is 4.58. The van der Waals surface area contributed by atoms with Gasteiger partial charge in [0.05, 0.1) is 10.9 Å². The van der Waals surface area contributed by atoms with Crippen LogP contribution < -0.4 is 4.74 Å². The Labute approximate surface area is 125 Å². The second-order valence-corrected chi connectivity index (χ2v) is 5.63. The molecule has 5 heteroatoms. The number of unbranched alkanes of at least 4 members (excludes halogenated alkanes) is 1. The summed E-state index contributed by atoms with van der Waals surface area (Å²) in [7, 11) is 4.05. The number of benzene rings is 1. The number of rotatable bonds is 7. The highest BCUT2D eigenvalue weighted by molar-refractivity contribution is 6.31. The van der Waals surface area contributed by atoms with Crippen molar-refractivity contribution in [1.29, 1.82) is 0 Å². The zero-order valence-corrected chi connectivity index (χ0v) is 13.2. The van der Waals surface area contributed by atoms with Crippen LogP contribution in [0.5, 0.6) is 5.88 Å². The molecule has 0 aliphatic carbocycles. The molecule has 1 heterocycles. The van der Waals surface area contributed by atoms with Crippen LogP contribution in [-0.2, 0) is 6.54 Å². The van der Waals surface area contributed by atoms with Crippen molar-refractivity contribution in [2.24, 2.45) is 0 Å². The fourth-order valence-corrected chi connectivity index (χ4v) is 2.20. The number of aryl methyl sites for hydroxylation is 1. The lowest BCUT2D eigenvalue weighted by atomic mass is 10.2. The second-order valence-electron chi connectivity index (χ2n) is 5.20. The van der Waals surface area contributed by atoms with Crippen molar-refractivity contribution < 1.29 is 4.74 Å². The van der Waals surface area contributed by atoms with Crippen molar-refractivity contribution in [3.8, 4) is 5.88 Å². The molecule has 110 valence electrons. The summed E-state index contributed by atoms with van der Waals surface area (Å²) in [6, 6.07) is 5.84. The molecule has 0 saturated heterocycles. The van der Waals surface area contributed by atoms with Gasteiger partial charge in [0.15, 0.2) is 0 Å². The monoisotopic (exact) mass is 295 g/mol. The van der Waals surface area contributed by atoms with E-state index in [-0.39, 0.29) is 0 Å². The van der Waals surface area contributed by atoms with E-state index in [2.05, 4.69) is 16.9 Å². The van der Waals surface area contributed by atoms with Crippen LogP contribution in [0.15, 0.2) is 18.2 Å². The third-order valence-electron chi connectivity index (χ3n) is 3.18. The number of likely N-dealkylation sites (N-methyl/N-ethyl adjacent to an activating group) is 1. The van der Waals surface area contributed by atoms with Gasteiger partial charge >= 0.3 is 0 Å². The van der Waals surface area contributed by atoms with Crippen LogP contribution in [0.1, 0.15) is 19.8 Å². The van der Waals surface area contributed by atoms with Gasteiger partial charge in [0.25, 0.3) is 0 Å². The zero-order valence-electron chi connectivity index (χ0n) is 12.4. The van der Waals surface area contributed by atoms with Gasteiger partial charge in [-0.15, -0.1) is 5.10 Å². The standard InChI is InChI=1S/C15H22ClN3O/c1-4-5-8-19-14-7-6-12(16)11-13(14)15(17-19)20-10-9-18(2)3/h6-7,11H,4-5,8-10H2,1-3H3. The van der Waals surface area contributed by atoms with Gasteiger partial charge in [-0.2, -0.15) is 0 Å². The number of fused-ring (bicyclic) bond motifs is 1. The van der Waals surface area contributed by atoms with Crippen molar-refractivity contribution in [1.82, 2.24) is 14.7 Å². The third kappa shape index (κ3) is 3.64. The summed E-state index contributed by atoms with van der Waals surface area (Å²) in [5.41, 5.74) is 1.09. The minimum Gasteiger partial charge on any atom is -0.475 e. The van der Waals surface area contributed by atoms with Gasteiger partial charge in [0.1, 0.15) is 6.61 Å².